The van der Waals surface area contributed by atoms with Gasteiger partial charge in [-0.3, -0.25) is 9.59 Å². The van der Waals surface area contributed by atoms with Crippen molar-refractivity contribution in [2.75, 3.05) is 0 Å². The van der Waals surface area contributed by atoms with E-state index in [9.17, 15) is 9.59 Å². The molecule has 0 amide bonds. The van der Waals surface area contributed by atoms with E-state index < -0.39 is 11.9 Å². The Morgan fingerprint density at radius 1 is 0.575 bits per heavy atom. The zero-order valence-corrected chi connectivity index (χ0v) is 26.3. The molecule has 0 bridgehead atoms. The van der Waals surface area contributed by atoms with E-state index in [2.05, 4.69) is 38.2 Å². The molecule has 1 rings (SSSR count). The Morgan fingerprint density at radius 2 is 1.02 bits per heavy atom. The van der Waals surface area contributed by atoms with Crippen molar-refractivity contribution < 1.29 is 19.8 Å². The lowest BCUT2D eigenvalue weighted by molar-refractivity contribution is -0.138. The summed E-state index contributed by atoms with van der Waals surface area (Å²) in [5.41, 5.74) is 0. The van der Waals surface area contributed by atoms with Crippen LogP contribution in [0.3, 0.4) is 0 Å². The third-order valence-electron chi connectivity index (χ3n) is 8.97. The zero-order valence-electron chi connectivity index (χ0n) is 26.3. The Labute approximate surface area is 247 Å². The number of hydrogen-bond acceptors (Lipinski definition) is 2. The van der Waals surface area contributed by atoms with Gasteiger partial charge >= 0.3 is 11.9 Å². The summed E-state index contributed by atoms with van der Waals surface area (Å²) < 4.78 is 0. The Kier molecular flexibility index (Phi) is 22.9. The molecule has 4 atom stereocenters. The number of carboxylic acids is 2. The van der Waals surface area contributed by atoms with Crippen LogP contribution in [-0.4, -0.2) is 22.2 Å². The van der Waals surface area contributed by atoms with Crippen molar-refractivity contribution in [3.63, 3.8) is 0 Å². The van der Waals surface area contributed by atoms with Gasteiger partial charge in [-0.25, -0.2) is 0 Å². The summed E-state index contributed by atoms with van der Waals surface area (Å²) >= 11 is 0. The van der Waals surface area contributed by atoms with Gasteiger partial charge in [-0.2, -0.15) is 0 Å². The first-order chi connectivity index (χ1) is 19.5. The Hall–Kier alpha value is -1.58. The highest BCUT2D eigenvalue weighted by molar-refractivity contribution is 5.66. The Bertz CT molecular complexity index is 682. The Morgan fingerprint density at radius 3 is 1.60 bits per heavy atom. The summed E-state index contributed by atoms with van der Waals surface area (Å²) in [6.07, 6.45) is 37.5. The molecular weight excluding hydrogens is 496 g/mol. The van der Waals surface area contributed by atoms with Gasteiger partial charge in [0, 0.05) is 12.8 Å². The molecule has 0 saturated carbocycles. The first kappa shape index (κ1) is 36.4. The number of allylic oxidation sites excluding steroid dienone is 4. The van der Waals surface area contributed by atoms with Gasteiger partial charge in [-0.05, 0) is 68.6 Å². The molecule has 0 saturated heterocycles. The third kappa shape index (κ3) is 18.7. The highest BCUT2D eigenvalue weighted by Gasteiger charge is 2.33. The largest absolute Gasteiger partial charge is 0.481 e. The summed E-state index contributed by atoms with van der Waals surface area (Å²) in [5.74, 6) is 1.41. The minimum Gasteiger partial charge on any atom is -0.481 e. The van der Waals surface area contributed by atoms with Crippen LogP contribution in [0.1, 0.15) is 168 Å². The molecule has 4 heteroatoms. The standard InChI is InChI=1S/C36H64O4/c1-3-5-7-17-23-31-29-30-32(24-18-13-12-16-22-28-36(39)40)34(33(31)25-19-8-6-4-2)26-20-14-10-9-11-15-21-27-35(37)38/h20,26,29-34H,3-19,21-25,27-28H2,1-2H3,(H,37,38)(H,39,40)/b26-20+/t31-,32-,33+,34-/m0/s1. The molecule has 0 aliphatic heterocycles. The van der Waals surface area contributed by atoms with Crippen molar-refractivity contribution in [1.82, 2.24) is 0 Å². The van der Waals surface area contributed by atoms with E-state index in [1.807, 2.05) is 0 Å². The first-order valence-electron chi connectivity index (χ1n) is 17.3. The maximum absolute atomic E-state index is 10.8. The van der Waals surface area contributed by atoms with Gasteiger partial charge in [0.25, 0.3) is 0 Å². The highest BCUT2D eigenvalue weighted by atomic mass is 16.4. The number of hydrogen-bond donors (Lipinski definition) is 2. The van der Waals surface area contributed by atoms with Crippen LogP contribution in [0, 0.1) is 23.7 Å². The molecule has 1 aliphatic rings. The summed E-state index contributed by atoms with van der Waals surface area (Å²) in [5, 5.41) is 17.7. The number of rotatable bonds is 27. The SMILES string of the molecule is CCCCCC[C@H]1[C@@H](/C=C/CCCCCCCC(=O)O)[C@@H](CCCCCCCC(=O)O)C=C[C@@H]1CCCCCC. The van der Waals surface area contributed by atoms with Crippen molar-refractivity contribution in [3.8, 4) is 0 Å². The van der Waals surface area contributed by atoms with E-state index in [4.69, 9.17) is 10.2 Å². The van der Waals surface area contributed by atoms with Gasteiger partial charge in [0.05, 0.1) is 0 Å². The fourth-order valence-electron chi connectivity index (χ4n) is 6.57. The average Bonchev–Trinajstić information content (AvgIpc) is 2.93. The predicted octanol–water partition coefficient (Wildman–Crippen LogP) is 11.1. The fourth-order valence-corrected chi connectivity index (χ4v) is 6.57. The molecule has 0 unspecified atom stereocenters. The topological polar surface area (TPSA) is 74.6 Å². The van der Waals surface area contributed by atoms with E-state index in [0.717, 1.165) is 56.8 Å². The van der Waals surface area contributed by atoms with Gasteiger partial charge in [0.1, 0.15) is 0 Å². The van der Waals surface area contributed by atoms with Crippen molar-refractivity contribution in [3.05, 3.63) is 24.3 Å². The lowest BCUT2D eigenvalue weighted by atomic mass is 9.66. The molecular formula is C36H64O4. The van der Waals surface area contributed by atoms with Crippen LogP contribution in [0.2, 0.25) is 0 Å². The maximum Gasteiger partial charge on any atom is 0.303 e. The number of carbonyl (C=O) groups is 2. The molecule has 0 heterocycles. The van der Waals surface area contributed by atoms with Crippen LogP contribution in [0.4, 0.5) is 0 Å². The minimum atomic E-state index is -0.676. The van der Waals surface area contributed by atoms with Gasteiger partial charge in [0.2, 0.25) is 0 Å². The molecule has 1 aliphatic carbocycles. The van der Waals surface area contributed by atoms with Crippen LogP contribution in [-0.2, 0) is 9.59 Å². The van der Waals surface area contributed by atoms with Crippen LogP contribution in [0.25, 0.3) is 0 Å². The number of unbranched alkanes of at least 4 members (excludes halogenated alkanes) is 15. The molecule has 0 radical (unpaired) electrons. The number of aliphatic carboxylic acids is 2. The predicted molar refractivity (Wildman–Crippen MR) is 170 cm³/mol. The fraction of sp³-hybridized carbons (Fsp3) is 0.833. The van der Waals surface area contributed by atoms with E-state index in [0.29, 0.717) is 24.7 Å². The molecule has 2 N–H and O–H groups in total. The quantitative estimate of drug-likeness (QED) is 0.0774. The normalized spacial score (nSPS) is 20.9. The second-order valence-corrected chi connectivity index (χ2v) is 12.5. The van der Waals surface area contributed by atoms with Crippen LogP contribution in [0.15, 0.2) is 24.3 Å². The van der Waals surface area contributed by atoms with Gasteiger partial charge in [-0.1, -0.05) is 134 Å². The monoisotopic (exact) mass is 560 g/mol. The smallest absolute Gasteiger partial charge is 0.303 e. The second-order valence-electron chi connectivity index (χ2n) is 12.5. The van der Waals surface area contributed by atoms with Gasteiger partial charge in [0.15, 0.2) is 0 Å². The van der Waals surface area contributed by atoms with Crippen LogP contribution >= 0.6 is 0 Å². The minimum absolute atomic E-state index is 0.304. The van der Waals surface area contributed by atoms with E-state index in [-0.39, 0.29) is 0 Å². The summed E-state index contributed by atoms with van der Waals surface area (Å²) in [6, 6.07) is 0. The summed E-state index contributed by atoms with van der Waals surface area (Å²) in [7, 11) is 0. The zero-order chi connectivity index (χ0) is 29.3. The summed E-state index contributed by atoms with van der Waals surface area (Å²) in [6.45, 7) is 4.60. The highest BCUT2D eigenvalue weighted by Crippen LogP contribution is 2.43. The maximum atomic E-state index is 10.8. The van der Waals surface area contributed by atoms with E-state index >= 15 is 0 Å². The lowest BCUT2D eigenvalue weighted by Crippen LogP contribution is -2.30. The van der Waals surface area contributed by atoms with E-state index in [1.54, 1.807) is 0 Å². The molecule has 4 nitrogen and oxygen atoms in total. The third-order valence-corrected chi connectivity index (χ3v) is 8.97. The Balaban J connectivity index is 2.74. The van der Waals surface area contributed by atoms with E-state index in [1.165, 1.54) is 96.3 Å². The van der Waals surface area contributed by atoms with Crippen LogP contribution in [0.5, 0.6) is 0 Å². The van der Waals surface area contributed by atoms with Crippen molar-refractivity contribution in [1.29, 1.82) is 0 Å². The second kappa shape index (κ2) is 25.2. The van der Waals surface area contributed by atoms with Gasteiger partial charge < -0.3 is 10.2 Å². The number of carboxylic acid groups (broad SMARTS) is 2. The average molecular weight is 561 g/mol. The van der Waals surface area contributed by atoms with Crippen molar-refractivity contribution in [2.24, 2.45) is 23.7 Å². The van der Waals surface area contributed by atoms with Gasteiger partial charge in [-0.15, -0.1) is 0 Å². The molecule has 0 aromatic carbocycles. The molecule has 0 aromatic heterocycles. The lowest BCUT2D eigenvalue weighted by Gasteiger charge is -2.39. The molecule has 0 fully saturated rings. The van der Waals surface area contributed by atoms with Crippen LogP contribution < -0.4 is 0 Å². The molecule has 0 aromatic rings. The molecule has 232 valence electrons. The molecule has 40 heavy (non-hydrogen) atoms. The molecule has 0 spiro atoms. The summed E-state index contributed by atoms with van der Waals surface area (Å²) in [4.78, 5) is 21.5. The first-order valence-corrected chi connectivity index (χ1v) is 17.3. The van der Waals surface area contributed by atoms with Crippen molar-refractivity contribution in [2.45, 2.75) is 168 Å². The van der Waals surface area contributed by atoms with Crippen molar-refractivity contribution >= 4 is 11.9 Å².